The first-order chi connectivity index (χ1) is 10.1. The SMILES string of the molecule is Cc1nc(Cn2c(SCC(=O)O)nc3ccccc32)no1. The van der Waals surface area contributed by atoms with E-state index in [1.807, 2.05) is 28.8 Å². The van der Waals surface area contributed by atoms with E-state index in [9.17, 15) is 4.79 Å². The summed E-state index contributed by atoms with van der Waals surface area (Å²) in [6, 6.07) is 7.62. The second-order valence-corrected chi connectivity index (χ2v) is 5.32. The number of nitrogens with zero attached hydrogens (tertiary/aromatic N) is 4. The smallest absolute Gasteiger partial charge is 0.313 e. The molecule has 0 bridgehead atoms. The number of benzene rings is 1. The molecule has 1 N–H and O–H groups in total. The van der Waals surface area contributed by atoms with Crippen molar-refractivity contribution in [2.24, 2.45) is 0 Å². The Labute approximate surface area is 124 Å². The van der Waals surface area contributed by atoms with E-state index in [2.05, 4.69) is 15.1 Å². The van der Waals surface area contributed by atoms with Gasteiger partial charge < -0.3 is 14.2 Å². The van der Waals surface area contributed by atoms with Crippen LogP contribution in [0.3, 0.4) is 0 Å². The van der Waals surface area contributed by atoms with Gasteiger partial charge in [-0.05, 0) is 12.1 Å². The summed E-state index contributed by atoms with van der Waals surface area (Å²) < 4.78 is 6.86. The second kappa shape index (κ2) is 5.57. The molecule has 0 spiro atoms. The topological polar surface area (TPSA) is 94.0 Å². The minimum Gasteiger partial charge on any atom is -0.481 e. The van der Waals surface area contributed by atoms with Crippen LogP contribution in [0.25, 0.3) is 11.0 Å². The van der Waals surface area contributed by atoms with Gasteiger partial charge in [0.25, 0.3) is 0 Å². The number of carboxylic acid groups (broad SMARTS) is 1. The maximum atomic E-state index is 10.8. The number of rotatable bonds is 5. The lowest BCUT2D eigenvalue weighted by Crippen LogP contribution is -2.05. The predicted molar refractivity (Wildman–Crippen MR) is 76.2 cm³/mol. The molecule has 0 saturated heterocycles. The van der Waals surface area contributed by atoms with Crippen molar-refractivity contribution in [2.75, 3.05) is 5.75 Å². The third-order valence-corrected chi connectivity index (χ3v) is 3.77. The Morgan fingerprint density at radius 2 is 2.19 bits per heavy atom. The number of thioether (sulfide) groups is 1. The Hall–Kier alpha value is -2.35. The lowest BCUT2D eigenvalue weighted by Gasteiger charge is -2.05. The molecule has 0 aliphatic heterocycles. The van der Waals surface area contributed by atoms with Crippen LogP contribution in [0.5, 0.6) is 0 Å². The Morgan fingerprint density at radius 1 is 1.38 bits per heavy atom. The van der Waals surface area contributed by atoms with Gasteiger partial charge in [0.05, 0.1) is 23.3 Å². The molecular weight excluding hydrogens is 292 g/mol. The number of carboxylic acids is 1. The van der Waals surface area contributed by atoms with Gasteiger partial charge in [0.1, 0.15) is 0 Å². The first-order valence-electron chi connectivity index (χ1n) is 6.22. The number of carbonyl (C=O) groups is 1. The highest BCUT2D eigenvalue weighted by molar-refractivity contribution is 7.99. The first kappa shape index (κ1) is 13.6. The minimum absolute atomic E-state index is 0.0470. The van der Waals surface area contributed by atoms with Crippen molar-refractivity contribution in [1.29, 1.82) is 0 Å². The molecule has 2 aromatic heterocycles. The average molecular weight is 304 g/mol. The van der Waals surface area contributed by atoms with Crippen LogP contribution in [0.4, 0.5) is 0 Å². The molecule has 0 saturated carbocycles. The fourth-order valence-electron chi connectivity index (χ4n) is 1.99. The van der Waals surface area contributed by atoms with E-state index in [-0.39, 0.29) is 5.75 Å². The van der Waals surface area contributed by atoms with E-state index < -0.39 is 5.97 Å². The van der Waals surface area contributed by atoms with Gasteiger partial charge in [0.15, 0.2) is 11.0 Å². The summed E-state index contributed by atoms with van der Waals surface area (Å²) in [7, 11) is 0. The molecule has 7 nitrogen and oxygen atoms in total. The van der Waals surface area contributed by atoms with Gasteiger partial charge in [-0.25, -0.2) is 4.98 Å². The highest BCUT2D eigenvalue weighted by atomic mass is 32.2. The zero-order valence-corrected chi connectivity index (χ0v) is 12.0. The molecule has 0 unspecified atom stereocenters. The number of hydrogen-bond acceptors (Lipinski definition) is 6. The fraction of sp³-hybridized carbons (Fsp3) is 0.231. The van der Waals surface area contributed by atoms with Crippen LogP contribution in [0.2, 0.25) is 0 Å². The van der Waals surface area contributed by atoms with Crippen molar-refractivity contribution >= 4 is 28.8 Å². The summed E-state index contributed by atoms with van der Waals surface area (Å²) in [5.74, 6) is 0.102. The summed E-state index contributed by atoms with van der Waals surface area (Å²) in [6.07, 6.45) is 0. The molecule has 0 amide bonds. The molecule has 0 aliphatic rings. The van der Waals surface area contributed by atoms with E-state index in [0.29, 0.717) is 23.4 Å². The quantitative estimate of drug-likeness (QED) is 0.720. The maximum Gasteiger partial charge on any atom is 0.313 e. The monoisotopic (exact) mass is 304 g/mol. The molecule has 1 aromatic carbocycles. The zero-order valence-electron chi connectivity index (χ0n) is 11.2. The van der Waals surface area contributed by atoms with Crippen LogP contribution in [-0.2, 0) is 11.3 Å². The summed E-state index contributed by atoms with van der Waals surface area (Å²) in [4.78, 5) is 19.4. The molecule has 0 fully saturated rings. The Balaban J connectivity index is 2.00. The lowest BCUT2D eigenvalue weighted by molar-refractivity contribution is -0.133. The van der Waals surface area contributed by atoms with Crippen LogP contribution < -0.4 is 0 Å². The van der Waals surface area contributed by atoms with E-state index in [0.717, 1.165) is 11.0 Å². The molecule has 3 rings (SSSR count). The van der Waals surface area contributed by atoms with Crippen LogP contribution in [0.1, 0.15) is 11.7 Å². The number of fused-ring (bicyclic) bond motifs is 1. The minimum atomic E-state index is -0.881. The van der Waals surface area contributed by atoms with Crippen LogP contribution >= 0.6 is 11.8 Å². The highest BCUT2D eigenvalue weighted by Crippen LogP contribution is 2.24. The van der Waals surface area contributed by atoms with Crippen LogP contribution in [0.15, 0.2) is 33.9 Å². The number of aliphatic carboxylic acids is 1. The van der Waals surface area contributed by atoms with Crippen LogP contribution in [0, 0.1) is 6.92 Å². The highest BCUT2D eigenvalue weighted by Gasteiger charge is 2.14. The van der Waals surface area contributed by atoms with Gasteiger partial charge in [-0.15, -0.1) is 0 Å². The van der Waals surface area contributed by atoms with E-state index >= 15 is 0 Å². The average Bonchev–Trinajstić information content (AvgIpc) is 3.01. The molecule has 8 heteroatoms. The molecular formula is C13H12N4O3S. The van der Waals surface area contributed by atoms with E-state index in [1.54, 1.807) is 6.92 Å². The molecule has 0 radical (unpaired) electrons. The summed E-state index contributed by atoms with van der Waals surface area (Å²) in [5.41, 5.74) is 1.72. The number of hydrogen-bond donors (Lipinski definition) is 1. The van der Waals surface area contributed by atoms with Crippen molar-refractivity contribution in [3.63, 3.8) is 0 Å². The Kier molecular flexibility index (Phi) is 3.61. The molecule has 21 heavy (non-hydrogen) atoms. The van der Waals surface area contributed by atoms with Gasteiger partial charge in [0, 0.05) is 6.92 Å². The van der Waals surface area contributed by atoms with E-state index in [4.69, 9.17) is 9.63 Å². The molecule has 3 aromatic rings. The summed E-state index contributed by atoms with van der Waals surface area (Å²) in [5, 5.41) is 13.3. The first-order valence-corrected chi connectivity index (χ1v) is 7.21. The number of imidazole rings is 1. The Bertz CT molecular complexity index is 796. The largest absolute Gasteiger partial charge is 0.481 e. The van der Waals surface area contributed by atoms with Crippen molar-refractivity contribution in [2.45, 2.75) is 18.6 Å². The van der Waals surface area contributed by atoms with Crippen molar-refractivity contribution in [3.05, 3.63) is 36.0 Å². The third-order valence-electron chi connectivity index (χ3n) is 2.81. The number of aryl methyl sites for hydroxylation is 1. The molecule has 108 valence electrons. The maximum absolute atomic E-state index is 10.8. The van der Waals surface area contributed by atoms with Crippen molar-refractivity contribution < 1.29 is 14.4 Å². The van der Waals surface area contributed by atoms with Gasteiger partial charge in [-0.3, -0.25) is 4.79 Å². The summed E-state index contributed by atoms with van der Waals surface area (Å²) in [6.45, 7) is 2.11. The lowest BCUT2D eigenvalue weighted by atomic mass is 10.3. The standard InChI is InChI=1S/C13H12N4O3S/c1-8-14-11(16-20-8)6-17-10-5-3-2-4-9(10)15-13(17)21-7-12(18)19/h2-5H,6-7H2,1H3,(H,18,19). The van der Waals surface area contributed by atoms with Crippen molar-refractivity contribution in [1.82, 2.24) is 19.7 Å². The fourth-order valence-corrected chi connectivity index (χ4v) is 2.72. The molecule has 0 atom stereocenters. The number of para-hydroxylation sites is 2. The normalized spacial score (nSPS) is 11.1. The number of aromatic nitrogens is 4. The molecule has 2 heterocycles. The van der Waals surface area contributed by atoms with Gasteiger partial charge in [-0.1, -0.05) is 29.1 Å². The van der Waals surface area contributed by atoms with Gasteiger partial charge >= 0.3 is 5.97 Å². The summed E-state index contributed by atoms with van der Waals surface area (Å²) >= 11 is 1.17. The van der Waals surface area contributed by atoms with Crippen molar-refractivity contribution in [3.8, 4) is 0 Å². The van der Waals surface area contributed by atoms with Crippen LogP contribution in [-0.4, -0.2) is 36.5 Å². The van der Waals surface area contributed by atoms with Gasteiger partial charge in [-0.2, -0.15) is 4.98 Å². The third kappa shape index (κ3) is 2.89. The van der Waals surface area contributed by atoms with E-state index in [1.165, 1.54) is 11.8 Å². The Morgan fingerprint density at radius 3 is 2.90 bits per heavy atom. The van der Waals surface area contributed by atoms with Gasteiger partial charge in [0.2, 0.25) is 5.89 Å². The predicted octanol–water partition coefficient (Wildman–Crippen LogP) is 1.95. The zero-order chi connectivity index (χ0) is 14.8. The second-order valence-electron chi connectivity index (χ2n) is 4.38. The molecule has 0 aliphatic carbocycles.